The third-order valence-electron chi connectivity index (χ3n) is 6.00. The van der Waals surface area contributed by atoms with Crippen molar-refractivity contribution in [2.24, 2.45) is 23.2 Å². The van der Waals surface area contributed by atoms with E-state index < -0.39 is 30.3 Å². The Morgan fingerprint density at radius 1 is 1.04 bits per heavy atom. The SMILES string of the molecule is CCC(C)(C)C(=O)OC.OC(CC1CC2CCC1C2)(C(F)(F)F)C(F)(F)F. The number of aliphatic hydroxyl groups is 1. The van der Waals surface area contributed by atoms with E-state index in [1.54, 1.807) is 0 Å². The van der Waals surface area contributed by atoms with E-state index in [0.717, 1.165) is 12.8 Å². The smallest absolute Gasteiger partial charge is 0.426 e. The number of alkyl halides is 6. The molecule has 1 N–H and O–H groups in total. The number of methoxy groups -OCH3 is 1. The second kappa shape index (κ2) is 8.17. The summed E-state index contributed by atoms with van der Waals surface area (Å²) < 4.78 is 79.7. The van der Waals surface area contributed by atoms with Crippen molar-refractivity contribution in [1.82, 2.24) is 0 Å². The van der Waals surface area contributed by atoms with Gasteiger partial charge in [0.05, 0.1) is 12.5 Å². The lowest BCUT2D eigenvalue weighted by molar-refractivity contribution is -0.373. The molecule has 2 saturated carbocycles. The Balaban J connectivity index is 0.000000345. The minimum Gasteiger partial charge on any atom is -0.469 e. The predicted molar refractivity (Wildman–Crippen MR) is 86.7 cm³/mol. The van der Waals surface area contributed by atoms with Crippen LogP contribution in [0.5, 0.6) is 0 Å². The molecular formula is C18H28F6O3. The molecule has 0 amide bonds. The molecule has 160 valence electrons. The second-order valence-electron chi connectivity index (χ2n) is 8.22. The number of ether oxygens (including phenoxy) is 1. The fourth-order valence-corrected chi connectivity index (χ4v) is 3.82. The number of hydrogen-bond donors (Lipinski definition) is 1. The molecule has 27 heavy (non-hydrogen) atoms. The van der Waals surface area contributed by atoms with E-state index in [4.69, 9.17) is 5.11 Å². The van der Waals surface area contributed by atoms with E-state index in [9.17, 15) is 31.1 Å². The van der Waals surface area contributed by atoms with E-state index in [2.05, 4.69) is 4.74 Å². The van der Waals surface area contributed by atoms with Crippen molar-refractivity contribution in [3.63, 3.8) is 0 Å². The standard InChI is InChI=1S/C11H14F6O.C7H14O2/c12-10(13,14)9(18,11(15,16)17)5-8-4-6-1-2-7(8)3-6;1-5-7(2,3)6(8)9-4/h6-8,18H,1-5H2;5H2,1-4H3. The molecule has 0 aromatic carbocycles. The van der Waals surface area contributed by atoms with Gasteiger partial charge in [0.15, 0.2) is 0 Å². The van der Waals surface area contributed by atoms with E-state index in [0.29, 0.717) is 19.3 Å². The number of rotatable bonds is 4. The molecule has 0 heterocycles. The number of halogens is 6. The molecule has 2 fully saturated rings. The van der Waals surface area contributed by atoms with Crippen LogP contribution in [0.2, 0.25) is 0 Å². The average molecular weight is 406 g/mol. The fraction of sp³-hybridized carbons (Fsp3) is 0.944. The molecule has 0 aliphatic heterocycles. The first-order chi connectivity index (χ1) is 12.1. The van der Waals surface area contributed by atoms with Crippen molar-refractivity contribution in [2.75, 3.05) is 7.11 Å². The summed E-state index contributed by atoms with van der Waals surface area (Å²) in [7, 11) is 1.42. The minimum atomic E-state index is -5.67. The highest BCUT2D eigenvalue weighted by Gasteiger charge is 2.71. The van der Waals surface area contributed by atoms with Crippen molar-refractivity contribution < 1.29 is 41.0 Å². The van der Waals surface area contributed by atoms with E-state index >= 15 is 0 Å². The van der Waals surface area contributed by atoms with Crippen molar-refractivity contribution >= 4 is 5.97 Å². The zero-order valence-corrected chi connectivity index (χ0v) is 16.0. The molecule has 2 aliphatic rings. The maximum absolute atomic E-state index is 12.5. The Morgan fingerprint density at radius 3 is 1.81 bits per heavy atom. The van der Waals surface area contributed by atoms with E-state index in [-0.39, 0.29) is 23.2 Å². The van der Waals surface area contributed by atoms with Gasteiger partial charge in [0.1, 0.15) is 0 Å². The van der Waals surface area contributed by atoms with Crippen LogP contribution in [0.4, 0.5) is 26.3 Å². The Kier molecular flexibility index (Phi) is 7.28. The van der Waals surface area contributed by atoms with Gasteiger partial charge in [0, 0.05) is 0 Å². The van der Waals surface area contributed by atoms with Gasteiger partial charge in [-0.25, -0.2) is 0 Å². The van der Waals surface area contributed by atoms with Crippen LogP contribution in [0.1, 0.15) is 59.3 Å². The molecule has 0 radical (unpaired) electrons. The van der Waals surface area contributed by atoms with Crippen LogP contribution in [-0.4, -0.2) is 36.1 Å². The zero-order valence-electron chi connectivity index (χ0n) is 16.0. The van der Waals surface area contributed by atoms with Crippen LogP contribution in [-0.2, 0) is 9.53 Å². The van der Waals surface area contributed by atoms with Gasteiger partial charge in [-0.05, 0) is 63.7 Å². The van der Waals surface area contributed by atoms with Gasteiger partial charge < -0.3 is 9.84 Å². The molecule has 3 nitrogen and oxygen atoms in total. The monoisotopic (exact) mass is 406 g/mol. The van der Waals surface area contributed by atoms with E-state index in [1.165, 1.54) is 7.11 Å². The summed E-state index contributed by atoms with van der Waals surface area (Å²) in [5, 5.41) is 9.12. The van der Waals surface area contributed by atoms with Gasteiger partial charge in [-0.15, -0.1) is 0 Å². The third kappa shape index (κ3) is 5.29. The van der Waals surface area contributed by atoms with Crippen molar-refractivity contribution in [3.05, 3.63) is 0 Å². The highest BCUT2D eigenvalue weighted by molar-refractivity contribution is 5.75. The van der Waals surface area contributed by atoms with Crippen LogP contribution in [0.15, 0.2) is 0 Å². The Labute approximate surface area is 155 Å². The van der Waals surface area contributed by atoms with E-state index in [1.807, 2.05) is 20.8 Å². The van der Waals surface area contributed by atoms with Gasteiger partial charge in [-0.2, -0.15) is 26.3 Å². The highest BCUT2D eigenvalue weighted by atomic mass is 19.4. The molecule has 2 aliphatic carbocycles. The molecule has 0 aromatic heterocycles. The molecule has 0 aromatic rings. The summed E-state index contributed by atoms with van der Waals surface area (Å²) in [6, 6.07) is 0. The lowest BCUT2D eigenvalue weighted by atomic mass is 9.79. The van der Waals surface area contributed by atoms with Crippen LogP contribution < -0.4 is 0 Å². The maximum atomic E-state index is 12.5. The van der Waals surface area contributed by atoms with Crippen LogP contribution in [0.3, 0.4) is 0 Å². The first kappa shape index (κ1) is 24.0. The molecule has 3 unspecified atom stereocenters. The van der Waals surface area contributed by atoms with Gasteiger partial charge >= 0.3 is 18.3 Å². The molecule has 0 saturated heterocycles. The lowest BCUT2D eigenvalue weighted by Gasteiger charge is -2.36. The van der Waals surface area contributed by atoms with Crippen molar-refractivity contribution in [1.29, 1.82) is 0 Å². The first-order valence-corrected chi connectivity index (χ1v) is 9.03. The molecule has 0 spiro atoms. The molecule has 2 rings (SSSR count). The molecular weight excluding hydrogens is 378 g/mol. The summed E-state index contributed by atoms with van der Waals surface area (Å²) in [6.45, 7) is 5.72. The predicted octanol–water partition coefficient (Wildman–Crippen LogP) is 5.26. The largest absolute Gasteiger partial charge is 0.469 e. The summed E-state index contributed by atoms with van der Waals surface area (Å²) in [5.41, 5.74) is -4.87. The number of carbonyl (C=O) groups excluding carboxylic acids is 1. The number of fused-ring (bicyclic) bond motifs is 2. The maximum Gasteiger partial charge on any atom is 0.426 e. The Hall–Kier alpha value is -0.990. The van der Waals surface area contributed by atoms with Crippen LogP contribution in [0.25, 0.3) is 0 Å². The number of esters is 1. The molecule has 2 bridgehead atoms. The van der Waals surface area contributed by atoms with Gasteiger partial charge in [0.2, 0.25) is 0 Å². The van der Waals surface area contributed by atoms with Crippen LogP contribution in [0, 0.1) is 23.2 Å². The quantitative estimate of drug-likeness (QED) is 0.512. The summed E-state index contributed by atoms with van der Waals surface area (Å²) >= 11 is 0. The lowest BCUT2D eigenvalue weighted by Crippen LogP contribution is -2.58. The molecule has 3 atom stereocenters. The minimum absolute atomic E-state index is 0.0915. The van der Waals surface area contributed by atoms with Crippen molar-refractivity contribution in [2.45, 2.75) is 77.2 Å². The first-order valence-electron chi connectivity index (χ1n) is 9.03. The zero-order chi connectivity index (χ0) is 21.3. The normalized spacial score (nSPS) is 25.8. The summed E-state index contributed by atoms with van der Waals surface area (Å²) in [4.78, 5) is 10.8. The molecule has 9 heteroatoms. The highest BCUT2D eigenvalue weighted by Crippen LogP contribution is 2.55. The number of carbonyl (C=O) groups is 1. The average Bonchev–Trinajstić information content (AvgIpc) is 3.15. The fourth-order valence-electron chi connectivity index (χ4n) is 3.82. The third-order valence-corrected chi connectivity index (χ3v) is 6.00. The summed E-state index contributed by atoms with van der Waals surface area (Å²) in [6.07, 6.45) is -9.13. The summed E-state index contributed by atoms with van der Waals surface area (Å²) in [5.74, 6) is -0.654. The van der Waals surface area contributed by atoms with Gasteiger partial charge in [-0.1, -0.05) is 13.3 Å². The van der Waals surface area contributed by atoms with Crippen molar-refractivity contribution in [3.8, 4) is 0 Å². The Morgan fingerprint density at radius 2 is 1.56 bits per heavy atom. The van der Waals surface area contributed by atoms with Gasteiger partial charge in [-0.3, -0.25) is 4.79 Å². The van der Waals surface area contributed by atoms with Crippen LogP contribution >= 0.6 is 0 Å². The number of hydrogen-bond acceptors (Lipinski definition) is 3. The Bertz CT molecular complexity index is 498. The van der Waals surface area contributed by atoms with Gasteiger partial charge in [0.25, 0.3) is 5.60 Å². The second-order valence-corrected chi connectivity index (χ2v) is 8.22. The topological polar surface area (TPSA) is 46.5 Å².